The highest BCUT2D eigenvalue weighted by Gasteiger charge is 2.15. The minimum Gasteiger partial charge on any atom is -0.349 e. The lowest BCUT2D eigenvalue weighted by Crippen LogP contribution is -2.31. The molecule has 4 aromatic rings. The molecule has 0 radical (unpaired) electrons. The smallest absolute Gasteiger partial charge is 0.243 e. The Hall–Kier alpha value is -3.81. The Bertz CT molecular complexity index is 1170. The molecule has 0 aliphatic heterocycles. The molecule has 0 unspecified atom stereocenters. The van der Waals surface area contributed by atoms with Crippen molar-refractivity contribution in [2.45, 2.75) is 6.92 Å². The van der Waals surface area contributed by atoms with Crippen molar-refractivity contribution in [3.8, 4) is 11.4 Å². The molecule has 2 aromatic carbocycles. The molecule has 0 spiro atoms. The van der Waals surface area contributed by atoms with Gasteiger partial charge in [0.25, 0.3) is 0 Å². The first-order valence-corrected chi connectivity index (χ1v) is 9.06. The third-order valence-electron chi connectivity index (χ3n) is 4.47. The Labute approximate surface area is 166 Å². The molecule has 0 bridgehead atoms. The Balaban J connectivity index is 1.55. The average molecular weight is 390 g/mol. The van der Waals surface area contributed by atoms with Crippen LogP contribution in [0.3, 0.4) is 0 Å². The topological polar surface area (TPSA) is 75.4 Å². The van der Waals surface area contributed by atoms with Crippen molar-refractivity contribution in [2.24, 2.45) is 0 Å². The molecule has 2 aromatic heterocycles. The zero-order chi connectivity index (χ0) is 20.4. The molecule has 8 heteroatoms. The van der Waals surface area contributed by atoms with Crippen LogP contribution in [-0.2, 0) is 4.79 Å². The zero-order valence-electron chi connectivity index (χ0n) is 16.0. The number of hydrogen-bond donors (Lipinski definition) is 1. The molecule has 0 saturated carbocycles. The third-order valence-corrected chi connectivity index (χ3v) is 4.47. The van der Waals surface area contributed by atoms with Crippen molar-refractivity contribution in [1.82, 2.24) is 19.8 Å². The van der Waals surface area contributed by atoms with Crippen LogP contribution < -0.4 is 10.2 Å². The van der Waals surface area contributed by atoms with E-state index in [0.717, 1.165) is 11.3 Å². The number of nitrogens with one attached hydrogen (secondary N) is 1. The number of benzene rings is 2. The molecule has 2 heterocycles. The van der Waals surface area contributed by atoms with E-state index in [2.05, 4.69) is 20.6 Å². The number of hydrogen-bond acceptors (Lipinski definition) is 5. The van der Waals surface area contributed by atoms with Crippen LogP contribution in [-0.4, -0.2) is 39.3 Å². The maximum atomic E-state index is 14.2. The SMILES string of the molecule is Cc1ccc(NC(=O)CN(C)c2ccc3nnc(-c4ccccc4F)n3n2)cc1. The number of nitrogens with zero attached hydrogens (tertiary/aromatic N) is 5. The van der Waals surface area contributed by atoms with Gasteiger partial charge in [0.15, 0.2) is 11.5 Å². The quantitative estimate of drug-likeness (QED) is 0.566. The fourth-order valence-electron chi connectivity index (χ4n) is 2.93. The number of halogens is 1. The predicted molar refractivity (Wildman–Crippen MR) is 109 cm³/mol. The number of likely N-dealkylation sites (N-methyl/N-ethyl adjacent to an activating group) is 1. The van der Waals surface area contributed by atoms with Crippen LogP contribution in [0.5, 0.6) is 0 Å². The first kappa shape index (κ1) is 18.5. The molecular weight excluding hydrogens is 371 g/mol. The first-order chi connectivity index (χ1) is 14.0. The second kappa shape index (κ2) is 7.67. The number of aryl methyl sites for hydroxylation is 1. The van der Waals surface area contributed by atoms with Crippen LogP contribution in [0.2, 0.25) is 0 Å². The van der Waals surface area contributed by atoms with Gasteiger partial charge in [-0.2, -0.15) is 4.52 Å². The lowest BCUT2D eigenvalue weighted by Gasteiger charge is -2.17. The van der Waals surface area contributed by atoms with Crippen LogP contribution in [0.1, 0.15) is 5.56 Å². The number of aromatic nitrogens is 4. The number of fused-ring (bicyclic) bond motifs is 1. The number of carbonyl (C=O) groups is 1. The summed E-state index contributed by atoms with van der Waals surface area (Å²) in [5.74, 6) is 0.266. The third kappa shape index (κ3) is 3.91. The standard InChI is InChI=1S/C21H19FN6O/c1-14-7-9-15(10-8-14)23-20(29)13-27(2)19-12-11-18-24-25-21(28(18)26-19)16-5-3-4-6-17(16)22/h3-12H,13H2,1-2H3,(H,23,29). The van der Waals surface area contributed by atoms with Gasteiger partial charge in [-0.15, -0.1) is 15.3 Å². The summed E-state index contributed by atoms with van der Waals surface area (Å²) < 4.78 is 15.6. The predicted octanol–water partition coefficient (Wildman–Crippen LogP) is 3.31. The molecule has 0 saturated heterocycles. The van der Waals surface area contributed by atoms with Crippen molar-refractivity contribution in [2.75, 3.05) is 23.8 Å². The molecule has 0 atom stereocenters. The van der Waals surface area contributed by atoms with Crippen molar-refractivity contribution < 1.29 is 9.18 Å². The highest BCUT2D eigenvalue weighted by molar-refractivity contribution is 5.93. The molecule has 0 aliphatic carbocycles. The van der Waals surface area contributed by atoms with Crippen molar-refractivity contribution >= 4 is 23.1 Å². The van der Waals surface area contributed by atoms with E-state index in [9.17, 15) is 9.18 Å². The summed E-state index contributed by atoms with van der Waals surface area (Å²) in [5.41, 5.74) is 2.66. The number of anilines is 2. The summed E-state index contributed by atoms with van der Waals surface area (Å²) in [5, 5.41) is 15.5. The Morgan fingerprint density at radius 1 is 1.07 bits per heavy atom. The number of rotatable bonds is 5. The fraction of sp³-hybridized carbons (Fsp3) is 0.143. The van der Waals surface area contributed by atoms with Crippen LogP contribution in [0.25, 0.3) is 17.0 Å². The van der Waals surface area contributed by atoms with Gasteiger partial charge in [-0.25, -0.2) is 4.39 Å². The molecule has 0 fully saturated rings. The fourth-order valence-corrected chi connectivity index (χ4v) is 2.93. The highest BCUT2D eigenvalue weighted by Crippen LogP contribution is 2.22. The maximum Gasteiger partial charge on any atom is 0.243 e. The van der Waals surface area contributed by atoms with E-state index in [1.54, 1.807) is 42.3 Å². The Morgan fingerprint density at radius 3 is 2.59 bits per heavy atom. The second-order valence-corrected chi connectivity index (χ2v) is 6.74. The van der Waals surface area contributed by atoms with Crippen LogP contribution in [0.15, 0.2) is 60.7 Å². The van der Waals surface area contributed by atoms with Crippen LogP contribution in [0, 0.1) is 12.7 Å². The molecule has 4 rings (SSSR count). The van der Waals surface area contributed by atoms with Crippen molar-refractivity contribution in [3.05, 3.63) is 72.0 Å². The largest absolute Gasteiger partial charge is 0.349 e. The molecule has 1 amide bonds. The summed E-state index contributed by atoms with van der Waals surface area (Å²) in [6.07, 6.45) is 0. The van der Waals surface area contributed by atoms with E-state index in [1.807, 2.05) is 31.2 Å². The summed E-state index contributed by atoms with van der Waals surface area (Å²) in [4.78, 5) is 14.1. The van der Waals surface area contributed by atoms with Crippen molar-refractivity contribution in [1.29, 1.82) is 0 Å². The molecule has 7 nitrogen and oxygen atoms in total. The molecule has 29 heavy (non-hydrogen) atoms. The highest BCUT2D eigenvalue weighted by atomic mass is 19.1. The normalized spacial score (nSPS) is 10.9. The first-order valence-electron chi connectivity index (χ1n) is 9.06. The number of carbonyl (C=O) groups excluding carboxylic acids is 1. The van der Waals surface area contributed by atoms with E-state index in [1.165, 1.54) is 10.6 Å². The van der Waals surface area contributed by atoms with Crippen LogP contribution in [0.4, 0.5) is 15.9 Å². The second-order valence-electron chi connectivity index (χ2n) is 6.74. The summed E-state index contributed by atoms with van der Waals surface area (Å²) in [7, 11) is 1.76. The van der Waals surface area contributed by atoms with Gasteiger partial charge in [0.2, 0.25) is 5.91 Å². The van der Waals surface area contributed by atoms with Gasteiger partial charge in [0, 0.05) is 12.7 Å². The number of amides is 1. The Morgan fingerprint density at radius 2 is 1.83 bits per heavy atom. The monoisotopic (exact) mass is 390 g/mol. The van der Waals surface area contributed by atoms with E-state index >= 15 is 0 Å². The summed E-state index contributed by atoms with van der Waals surface area (Å²) in [6, 6.07) is 17.4. The van der Waals surface area contributed by atoms with Gasteiger partial charge in [-0.05, 0) is 43.3 Å². The van der Waals surface area contributed by atoms with Crippen LogP contribution >= 0.6 is 0 Å². The van der Waals surface area contributed by atoms with Gasteiger partial charge in [-0.1, -0.05) is 29.8 Å². The lowest BCUT2D eigenvalue weighted by atomic mass is 10.2. The molecule has 1 N–H and O–H groups in total. The van der Waals surface area contributed by atoms with Gasteiger partial charge in [0.1, 0.15) is 11.6 Å². The van der Waals surface area contributed by atoms with Gasteiger partial charge < -0.3 is 10.2 Å². The maximum absolute atomic E-state index is 14.2. The van der Waals surface area contributed by atoms with E-state index in [0.29, 0.717) is 22.9 Å². The molecular formula is C21H19FN6O. The van der Waals surface area contributed by atoms with E-state index < -0.39 is 5.82 Å². The summed E-state index contributed by atoms with van der Waals surface area (Å²) >= 11 is 0. The molecule has 146 valence electrons. The van der Waals surface area contributed by atoms with Gasteiger partial charge in [-0.3, -0.25) is 4.79 Å². The average Bonchev–Trinajstić information content (AvgIpc) is 3.13. The Kier molecular flexibility index (Phi) is 4.90. The van der Waals surface area contributed by atoms with Gasteiger partial charge in [0.05, 0.1) is 12.1 Å². The minimum absolute atomic E-state index is 0.101. The zero-order valence-corrected chi connectivity index (χ0v) is 16.0. The van der Waals surface area contributed by atoms with E-state index in [-0.39, 0.29) is 12.5 Å². The molecule has 0 aliphatic rings. The minimum atomic E-state index is -0.403. The lowest BCUT2D eigenvalue weighted by molar-refractivity contribution is -0.114. The van der Waals surface area contributed by atoms with Gasteiger partial charge >= 0.3 is 0 Å². The van der Waals surface area contributed by atoms with E-state index in [4.69, 9.17) is 0 Å². The summed E-state index contributed by atoms with van der Waals surface area (Å²) in [6.45, 7) is 2.09. The van der Waals surface area contributed by atoms with Crippen molar-refractivity contribution in [3.63, 3.8) is 0 Å².